The van der Waals surface area contributed by atoms with E-state index >= 15 is 0 Å². The Morgan fingerprint density at radius 2 is 1.68 bits per heavy atom. The summed E-state index contributed by atoms with van der Waals surface area (Å²) in [7, 11) is 0. The lowest BCUT2D eigenvalue weighted by molar-refractivity contribution is 0.0519. The van der Waals surface area contributed by atoms with Crippen molar-refractivity contribution in [2.75, 3.05) is 6.61 Å². The maximum absolute atomic E-state index is 11.8. The molecule has 0 aliphatic heterocycles. The van der Waals surface area contributed by atoms with Gasteiger partial charge in [-0.25, -0.2) is 9.48 Å². The van der Waals surface area contributed by atoms with Gasteiger partial charge in [0.2, 0.25) is 0 Å². The van der Waals surface area contributed by atoms with Gasteiger partial charge in [0.05, 0.1) is 12.3 Å². The van der Waals surface area contributed by atoms with Crippen LogP contribution in [0.4, 0.5) is 0 Å². The number of nitrogens with zero attached hydrogens (tertiary/aromatic N) is 2. The molecule has 0 unspecified atom stereocenters. The second kappa shape index (κ2) is 7.53. The van der Waals surface area contributed by atoms with Gasteiger partial charge in [0.25, 0.3) is 0 Å². The van der Waals surface area contributed by atoms with Crippen molar-refractivity contribution in [3.8, 4) is 5.69 Å². The maximum atomic E-state index is 11.8. The molecule has 0 amide bonds. The highest BCUT2D eigenvalue weighted by Gasteiger charge is 2.14. The Labute approximate surface area is 152 Å². The summed E-state index contributed by atoms with van der Waals surface area (Å²) >= 11 is 5.92. The lowest BCUT2D eigenvalue weighted by atomic mass is 10.0. The predicted molar refractivity (Wildman–Crippen MR) is 98.5 cm³/mol. The lowest BCUT2D eigenvalue weighted by Gasteiger charge is -2.07. The molecule has 0 N–H and O–H groups in total. The van der Waals surface area contributed by atoms with Crippen LogP contribution in [0.1, 0.15) is 34.2 Å². The molecule has 0 spiro atoms. The fourth-order valence-corrected chi connectivity index (χ4v) is 2.76. The van der Waals surface area contributed by atoms with Crippen LogP contribution in [0.25, 0.3) is 5.69 Å². The zero-order valence-electron chi connectivity index (χ0n) is 14.2. The van der Waals surface area contributed by atoms with E-state index in [0.29, 0.717) is 12.3 Å². The minimum absolute atomic E-state index is 0.324. The van der Waals surface area contributed by atoms with Gasteiger partial charge < -0.3 is 4.74 Å². The summed E-state index contributed by atoms with van der Waals surface area (Å²) in [5, 5.41) is 5.09. The van der Waals surface area contributed by atoms with Crippen LogP contribution in [-0.2, 0) is 11.2 Å². The molecular weight excluding hydrogens is 336 g/mol. The lowest BCUT2D eigenvalue weighted by Crippen LogP contribution is -2.06. The minimum Gasteiger partial charge on any atom is -0.461 e. The SMILES string of the molecule is CCOC(=O)c1cc(C)n(-c2ccc(Cc3ccc(Cl)cc3)cc2)n1. The number of benzene rings is 2. The standard InChI is InChI=1S/C20H19ClN2O2/c1-3-25-20(24)19-12-14(2)23(22-19)18-10-6-16(7-11-18)13-15-4-8-17(21)9-5-15/h4-12H,3,13H2,1-2H3. The van der Waals surface area contributed by atoms with Crippen LogP contribution in [-0.4, -0.2) is 22.4 Å². The predicted octanol–water partition coefficient (Wildman–Crippen LogP) is 4.60. The van der Waals surface area contributed by atoms with Gasteiger partial charge >= 0.3 is 5.97 Å². The van der Waals surface area contributed by atoms with Gasteiger partial charge in [-0.3, -0.25) is 0 Å². The molecule has 2 aromatic carbocycles. The third kappa shape index (κ3) is 4.09. The first-order valence-electron chi connectivity index (χ1n) is 8.14. The van der Waals surface area contributed by atoms with E-state index in [0.717, 1.165) is 22.8 Å². The number of aryl methyl sites for hydroxylation is 1. The van der Waals surface area contributed by atoms with E-state index in [4.69, 9.17) is 16.3 Å². The summed E-state index contributed by atoms with van der Waals surface area (Å²) in [6, 6.07) is 17.7. The topological polar surface area (TPSA) is 44.1 Å². The Morgan fingerprint density at radius 3 is 2.28 bits per heavy atom. The van der Waals surface area contributed by atoms with E-state index in [2.05, 4.69) is 17.2 Å². The number of hydrogen-bond acceptors (Lipinski definition) is 3. The van der Waals surface area contributed by atoms with Crippen LogP contribution in [0.2, 0.25) is 5.02 Å². The second-order valence-corrected chi connectivity index (χ2v) is 6.21. The quantitative estimate of drug-likeness (QED) is 0.629. The Hall–Kier alpha value is -2.59. The van der Waals surface area contributed by atoms with Gasteiger partial charge in [0, 0.05) is 10.7 Å². The zero-order chi connectivity index (χ0) is 17.8. The largest absolute Gasteiger partial charge is 0.461 e. The van der Waals surface area contributed by atoms with Crippen molar-refractivity contribution in [2.45, 2.75) is 20.3 Å². The van der Waals surface area contributed by atoms with Gasteiger partial charge in [0.1, 0.15) is 0 Å². The summed E-state index contributed by atoms with van der Waals surface area (Å²) in [6.45, 7) is 4.03. The Balaban J connectivity index is 1.78. The van der Waals surface area contributed by atoms with Crippen LogP contribution < -0.4 is 0 Å². The van der Waals surface area contributed by atoms with Gasteiger partial charge in [0.15, 0.2) is 5.69 Å². The molecule has 0 bridgehead atoms. The molecule has 128 valence electrons. The Morgan fingerprint density at radius 1 is 1.08 bits per heavy atom. The van der Waals surface area contributed by atoms with E-state index in [9.17, 15) is 4.79 Å². The smallest absolute Gasteiger partial charge is 0.358 e. The molecule has 3 rings (SSSR count). The van der Waals surface area contributed by atoms with Crippen LogP contribution in [0.15, 0.2) is 54.6 Å². The molecule has 5 heteroatoms. The summed E-state index contributed by atoms with van der Waals surface area (Å²) < 4.78 is 6.75. The third-order valence-electron chi connectivity index (χ3n) is 3.87. The normalized spacial score (nSPS) is 10.7. The molecule has 4 nitrogen and oxygen atoms in total. The summed E-state index contributed by atoms with van der Waals surface area (Å²) in [5.41, 5.74) is 4.52. The van der Waals surface area contributed by atoms with Crippen molar-refractivity contribution in [1.82, 2.24) is 9.78 Å². The second-order valence-electron chi connectivity index (χ2n) is 5.77. The molecule has 1 aromatic heterocycles. The number of aromatic nitrogens is 2. The fourth-order valence-electron chi connectivity index (χ4n) is 2.63. The van der Waals surface area contributed by atoms with Crippen molar-refractivity contribution in [2.24, 2.45) is 0 Å². The van der Waals surface area contributed by atoms with Crippen molar-refractivity contribution < 1.29 is 9.53 Å². The Kier molecular flexibility index (Phi) is 5.19. The van der Waals surface area contributed by atoms with E-state index < -0.39 is 5.97 Å². The van der Waals surface area contributed by atoms with Gasteiger partial charge in [-0.05, 0) is 61.7 Å². The number of ether oxygens (including phenoxy) is 1. The van der Waals surface area contributed by atoms with E-state index in [1.54, 1.807) is 17.7 Å². The molecular formula is C20H19ClN2O2. The van der Waals surface area contributed by atoms with Crippen LogP contribution in [0.5, 0.6) is 0 Å². The van der Waals surface area contributed by atoms with Crippen molar-refractivity contribution >= 4 is 17.6 Å². The highest BCUT2D eigenvalue weighted by atomic mass is 35.5. The number of halogens is 1. The monoisotopic (exact) mass is 354 g/mol. The molecule has 3 aromatic rings. The average molecular weight is 355 g/mol. The first-order chi connectivity index (χ1) is 12.1. The minimum atomic E-state index is -0.399. The zero-order valence-corrected chi connectivity index (χ0v) is 15.0. The highest BCUT2D eigenvalue weighted by Crippen LogP contribution is 2.17. The van der Waals surface area contributed by atoms with Crippen molar-refractivity contribution in [1.29, 1.82) is 0 Å². The molecule has 0 aliphatic rings. The van der Waals surface area contributed by atoms with E-state index in [-0.39, 0.29) is 0 Å². The fraction of sp³-hybridized carbons (Fsp3) is 0.200. The molecule has 0 saturated heterocycles. The summed E-state index contributed by atoms with van der Waals surface area (Å²) in [6.07, 6.45) is 0.837. The summed E-state index contributed by atoms with van der Waals surface area (Å²) in [5.74, 6) is -0.399. The van der Waals surface area contributed by atoms with Gasteiger partial charge in [-0.1, -0.05) is 35.9 Å². The van der Waals surface area contributed by atoms with Gasteiger partial charge in [-0.15, -0.1) is 0 Å². The van der Waals surface area contributed by atoms with Crippen molar-refractivity contribution in [3.63, 3.8) is 0 Å². The first-order valence-corrected chi connectivity index (χ1v) is 8.52. The molecule has 0 radical (unpaired) electrons. The highest BCUT2D eigenvalue weighted by molar-refractivity contribution is 6.30. The van der Waals surface area contributed by atoms with Crippen LogP contribution >= 0.6 is 11.6 Å². The van der Waals surface area contributed by atoms with E-state index in [1.807, 2.05) is 43.3 Å². The molecule has 1 heterocycles. The molecule has 25 heavy (non-hydrogen) atoms. The third-order valence-corrected chi connectivity index (χ3v) is 4.13. The molecule has 0 saturated carbocycles. The molecule has 0 aliphatic carbocycles. The Bertz CT molecular complexity index is 868. The number of esters is 1. The van der Waals surface area contributed by atoms with E-state index in [1.165, 1.54) is 11.1 Å². The van der Waals surface area contributed by atoms with Gasteiger partial charge in [-0.2, -0.15) is 5.10 Å². The number of carbonyl (C=O) groups is 1. The molecule has 0 atom stereocenters. The number of carbonyl (C=O) groups excluding carboxylic acids is 1. The van der Waals surface area contributed by atoms with Crippen LogP contribution in [0.3, 0.4) is 0 Å². The van der Waals surface area contributed by atoms with Crippen LogP contribution in [0, 0.1) is 6.92 Å². The summed E-state index contributed by atoms with van der Waals surface area (Å²) in [4.78, 5) is 11.8. The maximum Gasteiger partial charge on any atom is 0.358 e. The number of hydrogen-bond donors (Lipinski definition) is 0. The average Bonchev–Trinajstić information content (AvgIpc) is 3.00. The molecule has 0 fully saturated rings. The van der Waals surface area contributed by atoms with Crippen molar-refractivity contribution in [3.05, 3.63) is 82.1 Å². The first kappa shape index (κ1) is 17.2. The number of rotatable bonds is 5.